The molecular weight excluding hydrogens is 320 g/mol. The number of benzene rings is 1. The van der Waals surface area contributed by atoms with Gasteiger partial charge in [-0.3, -0.25) is 0 Å². The Hall–Kier alpha value is -1.04. The lowest BCUT2D eigenvalue weighted by Gasteiger charge is -2.31. The maximum Gasteiger partial charge on any atom is 0.243 e. The lowest BCUT2D eigenvalue weighted by atomic mass is 10.3. The Balaban J connectivity index is 2.36. The number of rotatable bonds is 4. The number of sulfonamides is 2. The fourth-order valence-electron chi connectivity index (χ4n) is 1.98. The van der Waals surface area contributed by atoms with Gasteiger partial charge < -0.3 is 9.84 Å². The van der Waals surface area contributed by atoms with E-state index >= 15 is 0 Å². The van der Waals surface area contributed by atoms with E-state index in [1.807, 2.05) is 0 Å². The summed E-state index contributed by atoms with van der Waals surface area (Å²) in [5, 5.41) is 14.1. The molecule has 0 radical (unpaired) electrons. The van der Waals surface area contributed by atoms with Crippen LogP contribution >= 0.6 is 0 Å². The van der Waals surface area contributed by atoms with Crippen molar-refractivity contribution in [2.24, 2.45) is 5.14 Å². The Morgan fingerprint density at radius 1 is 1.29 bits per heavy atom. The summed E-state index contributed by atoms with van der Waals surface area (Å²) in [4.78, 5) is -0.428. The Bertz CT molecular complexity index is 716. The van der Waals surface area contributed by atoms with Crippen LogP contribution in [0.2, 0.25) is 0 Å². The highest BCUT2D eigenvalue weighted by atomic mass is 32.2. The van der Waals surface area contributed by atoms with E-state index in [1.54, 1.807) is 0 Å². The van der Waals surface area contributed by atoms with Crippen LogP contribution in [0.5, 0.6) is 0 Å². The maximum atomic E-state index is 12.5. The van der Waals surface area contributed by atoms with Crippen molar-refractivity contribution >= 4 is 20.0 Å². The average molecular weight is 336 g/mol. The molecule has 1 saturated heterocycles. The first kappa shape index (κ1) is 16.3. The number of aliphatic hydroxyl groups excluding tert-OH is 1. The molecule has 1 aliphatic rings. The van der Waals surface area contributed by atoms with E-state index in [0.29, 0.717) is 0 Å². The van der Waals surface area contributed by atoms with Crippen LogP contribution < -0.4 is 5.14 Å². The van der Waals surface area contributed by atoms with E-state index in [2.05, 4.69) is 0 Å². The Kier molecular flexibility index (Phi) is 4.66. The molecule has 1 atom stereocenters. The van der Waals surface area contributed by atoms with Crippen LogP contribution in [-0.4, -0.2) is 58.7 Å². The molecule has 0 amide bonds. The SMILES string of the molecule is NS(=O)(=O)c1cccc(S(=O)(=O)N2CCOC(CO)C2)c1. The van der Waals surface area contributed by atoms with Crippen molar-refractivity contribution in [3.8, 4) is 0 Å². The van der Waals surface area contributed by atoms with Crippen LogP contribution in [0.1, 0.15) is 0 Å². The van der Waals surface area contributed by atoms with Crippen molar-refractivity contribution in [2.45, 2.75) is 15.9 Å². The summed E-state index contributed by atoms with van der Waals surface area (Å²) < 4.78 is 53.9. The summed E-state index contributed by atoms with van der Waals surface area (Å²) in [7, 11) is -7.85. The molecule has 118 valence electrons. The molecule has 1 aromatic rings. The molecule has 2 rings (SSSR count). The highest BCUT2D eigenvalue weighted by Gasteiger charge is 2.31. The number of nitrogens with two attached hydrogens (primary N) is 1. The second-order valence-electron chi connectivity index (χ2n) is 4.56. The number of morpholine rings is 1. The molecule has 0 aromatic heterocycles. The molecular formula is C11H16N2O6S2. The summed E-state index contributed by atoms with van der Waals surface area (Å²) in [6, 6.07) is 4.86. The van der Waals surface area contributed by atoms with Crippen LogP contribution in [0.4, 0.5) is 0 Å². The molecule has 0 saturated carbocycles. The normalized spacial score (nSPS) is 21.3. The summed E-state index contributed by atoms with van der Waals surface area (Å²) in [6.45, 7) is 0.0272. The van der Waals surface area contributed by atoms with Crippen molar-refractivity contribution in [2.75, 3.05) is 26.3 Å². The number of ether oxygens (including phenoxy) is 1. The smallest absolute Gasteiger partial charge is 0.243 e. The zero-order valence-electron chi connectivity index (χ0n) is 11.0. The Morgan fingerprint density at radius 2 is 1.95 bits per heavy atom. The van der Waals surface area contributed by atoms with Crippen molar-refractivity contribution in [3.63, 3.8) is 0 Å². The fraction of sp³-hybridized carbons (Fsp3) is 0.455. The monoisotopic (exact) mass is 336 g/mol. The molecule has 0 bridgehead atoms. The minimum Gasteiger partial charge on any atom is -0.394 e. The summed E-state index contributed by atoms with van der Waals surface area (Å²) in [6.07, 6.45) is -0.588. The van der Waals surface area contributed by atoms with E-state index < -0.39 is 26.2 Å². The third kappa shape index (κ3) is 3.59. The third-order valence-electron chi connectivity index (χ3n) is 3.08. The van der Waals surface area contributed by atoms with Crippen LogP contribution in [0.25, 0.3) is 0 Å². The number of hydrogen-bond acceptors (Lipinski definition) is 6. The van der Waals surface area contributed by atoms with Crippen molar-refractivity contribution in [3.05, 3.63) is 24.3 Å². The summed E-state index contributed by atoms with van der Waals surface area (Å²) in [5.41, 5.74) is 0. The van der Waals surface area contributed by atoms with E-state index in [4.69, 9.17) is 15.0 Å². The van der Waals surface area contributed by atoms with Crippen molar-refractivity contribution < 1.29 is 26.7 Å². The number of aliphatic hydroxyl groups is 1. The Morgan fingerprint density at radius 3 is 2.57 bits per heavy atom. The fourth-order valence-corrected chi connectivity index (χ4v) is 4.12. The molecule has 0 aliphatic carbocycles. The second kappa shape index (κ2) is 5.99. The highest BCUT2D eigenvalue weighted by Crippen LogP contribution is 2.21. The van der Waals surface area contributed by atoms with Gasteiger partial charge in [0.2, 0.25) is 20.0 Å². The Labute approximate surface area is 123 Å². The van der Waals surface area contributed by atoms with E-state index in [1.165, 1.54) is 18.2 Å². The first-order chi connectivity index (χ1) is 9.75. The quantitative estimate of drug-likeness (QED) is 0.705. The van der Waals surface area contributed by atoms with Crippen molar-refractivity contribution in [1.82, 2.24) is 4.31 Å². The molecule has 1 heterocycles. The molecule has 1 fully saturated rings. The van der Waals surface area contributed by atoms with Gasteiger partial charge in [-0.05, 0) is 18.2 Å². The largest absolute Gasteiger partial charge is 0.394 e. The lowest BCUT2D eigenvalue weighted by molar-refractivity contribution is -0.0304. The van der Waals surface area contributed by atoms with Gasteiger partial charge in [0.25, 0.3) is 0 Å². The minimum absolute atomic E-state index is 0.0123. The predicted molar refractivity (Wildman–Crippen MR) is 73.4 cm³/mol. The zero-order valence-corrected chi connectivity index (χ0v) is 12.7. The topological polar surface area (TPSA) is 127 Å². The lowest BCUT2D eigenvalue weighted by Crippen LogP contribution is -2.46. The van der Waals surface area contributed by atoms with Gasteiger partial charge in [0.1, 0.15) is 0 Å². The van der Waals surface area contributed by atoms with Crippen LogP contribution in [0, 0.1) is 0 Å². The van der Waals surface area contributed by atoms with Crippen LogP contribution in [-0.2, 0) is 24.8 Å². The zero-order chi connectivity index (χ0) is 15.7. The summed E-state index contributed by atoms with van der Waals surface area (Å²) in [5.74, 6) is 0. The molecule has 8 nitrogen and oxygen atoms in total. The van der Waals surface area contributed by atoms with Gasteiger partial charge in [-0.1, -0.05) is 6.07 Å². The van der Waals surface area contributed by atoms with Gasteiger partial charge in [-0.25, -0.2) is 22.0 Å². The van der Waals surface area contributed by atoms with Gasteiger partial charge in [-0.15, -0.1) is 0 Å². The molecule has 0 spiro atoms. The van der Waals surface area contributed by atoms with E-state index in [-0.39, 0.29) is 36.1 Å². The van der Waals surface area contributed by atoms with E-state index in [9.17, 15) is 16.8 Å². The average Bonchev–Trinajstić information content (AvgIpc) is 2.46. The first-order valence-corrected chi connectivity index (χ1v) is 9.09. The molecule has 1 aromatic carbocycles. The number of hydrogen-bond donors (Lipinski definition) is 2. The number of primary sulfonamides is 1. The predicted octanol–water partition coefficient (Wildman–Crippen LogP) is -1.28. The van der Waals surface area contributed by atoms with Gasteiger partial charge in [0, 0.05) is 13.1 Å². The molecule has 1 unspecified atom stereocenters. The standard InChI is InChI=1S/C11H16N2O6S2/c12-20(15,16)10-2-1-3-11(6-10)21(17,18)13-4-5-19-9(7-13)8-14/h1-3,6,9,14H,4-5,7-8H2,(H2,12,15,16). The van der Waals surface area contributed by atoms with Crippen LogP contribution in [0.3, 0.4) is 0 Å². The van der Waals surface area contributed by atoms with Gasteiger partial charge in [0.05, 0.1) is 29.1 Å². The van der Waals surface area contributed by atoms with E-state index in [0.717, 1.165) is 10.4 Å². The molecule has 1 aliphatic heterocycles. The molecule has 21 heavy (non-hydrogen) atoms. The van der Waals surface area contributed by atoms with Gasteiger partial charge in [-0.2, -0.15) is 4.31 Å². The maximum absolute atomic E-state index is 12.5. The number of nitrogens with zero attached hydrogens (tertiary/aromatic N) is 1. The minimum atomic E-state index is -3.98. The van der Waals surface area contributed by atoms with Crippen molar-refractivity contribution in [1.29, 1.82) is 0 Å². The highest BCUT2D eigenvalue weighted by molar-refractivity contribution is 7.90. The van der Waals surface area contributed by atoms with Gasteiger partial charge >= 0.3 is 0 Å². The van der Waals surface area contributed by atoms with Gasteiger partial charge in [0.15, 0.2) is 0 Å². The summed E-state index contributed by atoms with van der Waals surface area (Å²) >= 11 is 0. The third-order valence-corrected chi connectivity index (χ3v) is 5.85. The molecule has 10 heteroatoms. The van der Waals surface area contributed by atoms with Crippen LogP contribution in [0.15, 0.2) is 34.1 Å². The molecule has 3 N–H and O–H groups in total. The second-order valence-corrected chi connectivity index (χ2v) is 8.06. The first-order valence-electron chi connectivity index (χ1n) is 6.10.